The van der Waals surface area contributed by atoms with Crippen molar-refractivity contribution in [3.05, 3.63) is 29.8 Å². The molecule has 0 heterocycles. The van der Waals surface area contributed by atoms with Gasteiger partial charge in [-0.3, -0.25) is 0 Å². The molecule has 0 aliphatic heterocycles. The maximum Gasteiger partial charge on any atom is 0.175 e. The van der Waals surface area contributed by atoms with Crippen molar-refractivity contribution in [1.29, 1.82) is 0 Å². The van der Waals surface area contributed by atoms with E-state index < -0.39 is 19.7 Å². The molecule has 0 saturated carbocycles. The molecule has 84 valence electrons. The molecule has 0 fully saturated rings. The third-order valence-corrected chi connectivity index (χ3v) is 3.77. The fourth-order valence-corrected chi connectivity index (χ4v) is 2.56. The normalized spacial score (nSPS) is 12.7. The minimum Gasteiger partial charge on any atom is -0.229 e. The van der Waals surface area contributed by atoms with E-state index in [9.17, 15) is 16.8 Å². The van der Waals surface area contributed by atoms with Crippen LogP contribution in [-0.2, 0) is 25.4 Å². The van der Waals surface area contributed by atoms with Crippen molar-refractivity contribution in [2.75, 3.05) is 12.5 Å². The second kappa shape index (κ2) is 3.94. The van der Waals surface area contributed by atoms with E-state index in [-0.39, 0.29) is 10.6 Å². The molecule has 6 heteroatoms. The Balaban J connectivity index is 3.02. The zero-order valence-electron chi connectivity index (χ0n) is 8.47. The Kier molecular flexibility index (Phi) is 3.20. The van der Waals surface area contributed by atoms with Gasteiger partial charge >= 0.3 is 0 Å². The second-order valence-electron chi connectivity index (χ2n) is 3.49. The Morgan fingerprint density at radius 2 is 1.40 bits per heavy atom. The SMILES string of the molecule is CS(=O)(=O)Cc1ccc(S(C)(=O)=O)cc1. The molecule has 0 spiro atoms. The van der Waals surface area contributed by atoms with Crippen LogP contribution in [-0.4, -0.2) is 29.3 Å². The van der Waals surface area contributed by atoms with Gasteiger partial charge in [-0.1, -0.05) is 12.1 Å². The molecule has 0 bridgehead atoms. The van der Waals surface area contributed by atoms with Gasteiger partial charge in [-0.15, -0.1) is 0 Å². The summed E-state index contributed by atoms with van der Waals surface area (Å²) in [5, 5.41) is 0. The van der Waals surface area contributed by atoms with Gasteiger partial charge < -0.3 is 0 Å². The molecular weight excluding hydrogens is 236 g/mol. The van der Waals surface area contributed by atoms with Gasteiger partial charge in [0, 0.05) is 12.5 Å². The quantitative estimate of drug-likeness (QED) is 0.787. The molecule has 0 aliphatic carbocycles. The summed E-state index contributed by atoms with van der Waals surface area (Å²) < 4.78 is 44.2. The molecule has 0 amide bonds. The lowest BCUT2D eigenvalue weighted by Crippen LogP contribution is -2.02. The number of hydrogen-bond donors (Lipinski definition) is 0. The molecule has 1 aromatic rings. The summed E-state index contributed by atoms with van der Waals surface area (Å²) in [6, 6.07) is 5.85. The van der Waals surface area contributed by atoms with Crippen LogP contribution in [0.25, 0.3) is 0 Å². The van der Waals surface area contributed by atoms with Crippen molar-refractivity contribution >= 4 is 19.7 Å². The Morgan fingerprint density at radius 1 is 0.933 bits per heavy atom. The maximum absolute atomic E-state index is 11.1. The van der Waals surface area contributed by atoms with E-state index in [1.165, 1.54) is 24.3 Å². The number of benzene rings is 1. The average molecular weight is 248 g/mol. The third kappa shape index (κ3) is 4.01. The lowest BCUT2D eigenvalue weighted by Gasteiger charge is -2.01. The minimum absolute atomic E-state index is 0.0724. The van der Waals surface area contributed by atoms with E-state index >= 15 is 0 Å². The highest BCUT2D eigenvalue weighted by molar-refractivity contribution is 7.90. The fraction of sp³-hybridized carbons (Fsp3) is 0.333. The van der Waals surface area contributed by atoms with Crippen LogP contribution >= 0.6 is 0 Å². The van der Waals surface area contributed by atoms with Gasteiger partial charge in [-0.25, -0.2) is 16.8 Å². The molecule has 1 rings (SSSR count). The molecule has 0 atom stereocenters. The Morgan fingerprint density at radius 3 is 1.73 bits per heavy atom. The fourth-order valence-electron chi connectivity index (χ4n) is 1.14. The molecule has 0 saturated heterocycles. The summed E-state index contributed by atoms with van der Waals surface area (Å²) in [5.74, 6) is -0.0724. The van der Waals surface area contributed by atoms with Crippen molar-refractivity contribution in [3.8, 4) is 0 Å². The highest BCUT2D eigenvalue weighted by atomic mass is 32.2. The Bertz CT molecular complexity index is 538. The van der Waals surface area contributed by atoms with Gasteiger partial charge in [0.05, 0.1) is 10.6 Å². The lowest BCUT2D eigenvalue weighted by molar-refractivity contribution is 0.600. The van der Waals surface area contributed by atoms with Crippen LogP contribution in [0.4, 0.5) is 0 Å². The molecule has 0 N–H and O–H groups in total. The molecule has 0 aromatic heterocycles. The first-order chi connectivity index (χ1) is 6.68. The van der Waals surface area contributed by atoms with Crippen molar-refractivity contribution in [3.63, 3.8) is 0 Å². The van der Waals surface area contributed by atoms with Crippen molar-refractivity contribution in [2.45, 2.75) is 10.6 Å². The smallest absolute Gasteiger partial charge is 0.175 e. The molecule has 0 unspecified atom stereocenters. The predicted molar refractivity (Wildman–Crippen MR) is 58.1 cm³/mol. The lowest BCUT2D eigenvalue weighted by atomic mass is 10.2. The third-order valence-electron chi connectivity index (χ3n) is 1.78. The highest BCUT2D eigenvalue weighted by Gasteiger charge is 2.08. The van der Waals surface area contributed by atoms with Crippen molar-refractivity contribution < 1.29 is 16.8 Å². The number of rotatable bonds is 3. The van der Waals surface area contributed by atoms with Crippen LogP contribution in [0.5, 0.6) is 0 Å². The van der Waals surface area contributed by atoms with Gasteiger partial charge in [0.2, 0.25) is 0 Å². The number of hydrogen-bond acceptors (Lipinski definition) is 4. The first-order valence-corrected chi connectivity index (χ1v) is 8.10. The van der Waals surface area contributed by atoms with Crippen LogP contribution in [0.1, 0.15) is 5.56 Å². The van der Waals surface area contributed by atoms with E-state index in [2.05, 4.69) is 0 Å². The molecule has 0 aliphatic rings. The van der Waals surface area contributed by atoms with Crippen LogP contribution in [0.3, 0.4) is 0 Å². The molecule has 1 aromatic carbocycles. The van der Waals surface area contributed by atoms with E-state index in [0.717, 1.165) is 12.5 Å². The van der Waals surface area contributed by atoms with Gasteiger partial charge in [-0.05, 0) is 17.7 Å². The van der Waals surface area contributed by atoms with Crippen molar-refractivity contribution in [2.24, 2.45) is 0 Å². The topological polar surface area (TPSA) is 68.3 Å². The zero-order valence-corrected chi connectivity index (χ0v) is 10.1. The Labute approximate surface area is 89.8 Å². The summed E-state index contributed by atoms with van der Waals surface area (Å²) in [4.78, 5) is 0.194. The van der Waals surface area contributed by atoms with Gasteiger partial charge in [-0.2, -0.15) is 0 Å². The van der Waals surface area contributed by atoms with E-state index in [1.807, 2.05) is 0 Å². The standard InChI is InChI=1S/C9H12O4S2/c1-14(10,11)7-8-3-5-9(6-4-8)15(2,12)13/h3-6H,7H2,1-2H3. The zero-order chi connectivity index (χ0) is 11.7. The Hall–Kier alpha value is -0.880. The van der Waals surface area contributed by atoms with Crippen LogP contribution in [0.15, 0.2) is 29.2 Å². The summed E-state index contributed by atoms with van der Waals surface area (Å²) in [6.45, 7) is 0. The summed E-state index contributed by atoms with van der Waals surface area (Å²) in [7, 11) is -6.29. The predicted octanol–water partition coefficient (Wildman–Crippen LogP) is 0.635. The average Bonchev–Trinajstić information content (AvgIpc) is 2.00. The van der Waals surface area contributed by atoms with E-state index in [4.69, 9.17) is 0 Å². The monoisotopic (exact) mass is 248 g/mol. The van der Waals surface area contributed by atoms with Crippen LogP contribution < -0.4 is 0 Å². The molecular formula is C9H12O4S2. The van der Waals surface area contributed by atoms with Crippen molar-refractivity contribution in [1.82, 2.24) is 0 Å². The first kappa shape index (κ1) is 12.2. The van der Waals surface area contributed by atoms with Gasteiger partial charge in [0.25, 0.3) is 0 Å². The van der Waals surface area contributed by atoms with E-state index in [1.54, 1.807) is 0 Å². The maximum atomic E-state index is 11.1. The molecule has 4 nitrogen and oxygen atoms in total. The molecule has 15 heavy (non-hydrogen) atoms. The summed E-state index contributed by atoms with van der Waals surface area (Å²) >= 11 is 0. The van der Waals surface area contributed by atoms with E-state index in [0.29, 0.717) is 5.56 Å². The summed E-state index contributed by atoms with van der Waals surface area (Å²) in [5.41, 5.74) is 0.588. The minimum atomic E-state index is -3.21. The number of sulfone groups is 2. The second-order valence-corrected chi connectivity index (χ2v) is 7.64. The molecule has 0 radical (unpaired) electrons. The largest absolute Gasteiger partial charge is 0.229 e. The summed E-state index contributed by atoms with van der Waals surface area (Å²) in [6.07, 6.45) is 2.25. The van der Waals surface area contributed by atoms with Crippen LogP contribution in [0.2, 0.25) is 0 Å². The highest BCUT2D eigenvalue weighted by Crippen LogP contribution is 2.11. The van der Waals surface area contributed by atoms with Crippen LogP contribution in [0, 0.1) is 0 Å². The van der Waals surface area contributed by atoms with Gasteiger partial charge in [0.15, 0.2) is 19.7 Å². The van der Waals surface area contributed by atoms with Gasteiger partial charge in [0.1, 0.15) is 0 Å². The first-order valence-electron chi connectivity index (χ1n) is 4.15.